The van der Waals surface area contributed by atoms with Gasteiger partial charge in [0.05, 0.1) is 6.20 Å². The molecule has 1 N–H and O–H groups in total. The lowest BCUT2D eigenvalue weighted by Gasteiger charge is -2.21. The lowest BCUT2D eigenvalue weighted by atomic mass is 9.97. The van der Waals surface area contributed by atoms with E-state index in [0.717, 1.165) is 6.42 Å². The van der Waals surface area contributed by atoms with Gasteiger partial charge >= 0.3 is 0 Å². The van der Waals surface area contributed by atoms with Crippen LogP contribution in [0.3, 0.4) is 0 Å². The zero-order chi connectivity index (χ0) is 17.1. The summed E-state index contributed by atoms with van der Waals surface area (Å²) in [6, 6.07) is 0.245. The van der Waals surface area contributed by atoms with Crippen LogP contribution >= 0.6 is 0 Å². The Labute approximate surface area is 141 Å². The first-order chi connectivity index (χ1) is 11.6. The van der Waals surface area contributed by atoms with E-state index in [-0.39, 0.29) is 24.1 Å². The maximum Gasteiger partial charge on any atom is 0.264 e. The van der Waals surface area contributed by atoms with Gasteiger partial charge in [0.25, 0.3) is 5.56 Å². The summed E-state index contributed by atoms with van der Waals surface area (Å²) in [5.74, 6) is 0.458. The first-order valence-electron chi connectivity index (χ1n) is 8.76. The van der Waals surface area contributed by atoms with Crippen LogP contribution in [0.5, 0.6) is 0 Å². The van der Waals surface area contributed by atoms with Gasteiger partial charge in [0.1, 0.15) is 18.3 Å². The number of amides is 1. The van der Waals surface area contributed by atoms with E-state index >= 15 is 0 Å². The third-order valence-electron chi connectivity index (χ3n) is 4.97. The molecule has 1 aliphatic rings. The van der Waals surface area contributed by atoms with Crippen molar-refractivity contribution in [3.05, 3.63) is 22.9 Å². The number of fused-ring (bicyclic) bond motifs is 1. The van der Waals surface area contributed by atoms with Crippen molar-refractivity contribution in [1.82, 2.24) is 24.6 Å². The van der Waals surface area contributed by atoms with Crippen LogP contribution in [-0.2, 0) is 18.4 Å². The Hall–Kier alpha value is -2.18. The number of rotatable bonds is 6. The third-order valence-corrected chi connectivity index (χ3v) is 4.97. The van der Waals surface area contributed by atoms with Crippen molar-refractivity contribution in [3.63, 3.8) is 0 Å². The molecule has 1 fully saturated rings. The lowest BCUT2D eigenvalue weighted by molar-refractivity contribution is -0.122. The van der Waals surface area contributed by atoms with Crippen molar-refractivity contribution in [3.8, 4) is 0 Å². The van der Waals surface area contributed by atoms with E-state index in [1.54, 1.807) is 11.7 Å². The van der Waals surface area contributed by atoms with Gasteiger partial charge in [0, 0.05) is 13.1 Å². The Morgan fingerprint density at radius 2 is 2.25 bits per heavy atom. The maximum absolute atomic E-state index is 12.4. The summed E-state index contributed by atoms with van der Waals surface area (Å²) in [6.45, 7) is 2.20. The first kappa shape index (κ1) is 16.7. The van der Waals surface area contributed by atoms with Crippen LogP contribution in [-0.4, -0.2) is 31.3 Å². The molecule has 0 spiro atoms. The summed E-state index contributed by atoms with van der Waals surface area (Å²) in [5, 5.41) is 7.60. The Kier molecular flexibility index (Phi) is 4.97. The van der Waals surface area contributed by atoms with Gasteiger partial charge in [-0.1, -0.05) is 26.2 Å². The molecule has 2 heterocycles. The predicted molar refractivity (Wildman–Crippen MR) is 91.6 cm³/mol. The fraction of sp³-hybridized carbons (Fsp3) is 0.647. The van der Waals surface area contributed by atoms with Crippen molar-refractivity contribution in [2.45, 2.75) is 58.0 Å². The van der Waals surface area contributed by atoms with Crippen molar-refractivity contribution in [2.24, 2.45) is 13.0 Å². The number of carbonyl (C=O) groups is 1. The summed E-state index contributed by atoms with van der Waals surface area (Å²) in [5.41, 5.74) is 0.310. The highest BCUT2D eigenvalue weighted by Gasteiger charge is 2.28. The number of nitrogens with one attached hydrogen (secondary N) is 1. The van der Waals surface area contributed by atoms with Crippen molar-refractivity contribution in [2.75, 3.05) is 0 Å². The predicted octanol–water partition coefficient (Wildman–Crippen LogP) is 1.61. The van der Waals surface area contributed by atoms with Gasteiger partial charge in [-0.05, 0) is 25.2 Å². The summed E-state index contributed by atoms with van der Waals surface area (Å²) in [7, 11) is 1.74. The van der Waals surface area contributed by atoms with Crippen LogP contribution in [0.25, 0.3) is 11.0 Å². The fourth-order valence-electron chi connectivity index (χ4n) is 3.63. The molecular formula is C17H25N5O2. The summed E-state index contributed by atoms with van der Waals surface area (Å²) in [4.78, 5) is 29.0. The standard InChI is InChI=1S/C17H25N5O2/c1-3-4-6-12-7-5-8-14(12)20-15(23)10-22-11-18-16-13(17(22)24)9-19-21(16)2/h9,11-12,14H,3-8,10H2,1-2H3,(H,20,23)/t12-,14+/m1/s1. The van der Waals surface area contributed by atoms with Gasteiger partial charge in [-0.15, -0.1) is 0 Å². The highest BCUT2D eigenvalue weighted by atomic mass is 16.2. The van der Waals surface area contributed by atoms with Crippen molar-refractivity contribution < 1.29 is 4.79 Å². The molecule has 2 atom stereocenters. The number of aromatic nitrogens is 4. The molecule has 1 aliphatic carbocycles. The Bertz CT molecular complexity index is 779. The molecule has 0 radical (unpaired) electrons. The molecule has 0 saturated heterocycles. The van der Waals surface area contributed by atoms with Gasteiger partial charge in [-0.25, -0.2) is 4.98 Å². The minimum absolute atomic E-state index is 0.00760. The molecule has 7 heteroatoms. The molecule has 130 valence electrons. The molecule has 0 aromatic carbocycles. The average Bonchev–Trinajstić information content (AvgIpc) is 3.15. The summed E-state index contributed by atoms with van der Waals surface area (Å²) in [6.07, 6.45) is 9.88. The minimum Gasteiger partial charge on any atom is -0.352 e. The van der Waals surface area contributed by atoms with Crippen LogP contribution in [0.4, 0.5) is 0 Å². The van der Waals surface area contributed by atoms with Gasteiger partial charge in [0.15, 0.2) is 5.65 Å². The molecule has 2 aromatic rings. The third kappa shape index (κ3) is 3.34. The second-order valence-electron chi connectivity index (χ2n) is 6.69. The van der Waals surface area contributed by atoms with E-state index in [9.17, 15) is 9.59 Å². The molecule has 1 amide bonds. The van der Waals surface area contributed by atoms with Gasteiger partial charge < -0.3 is 5.32 Å². The molecule has 0 bridgehead atoms. The smallest absolute Gasteiger partial charge is 0.264 e. The number of hydrogen-bond acceptors (Lipinski definition) is 4. The molecule has 7 nitrogen and oxygen atoms in total. The molecule has 2 aromatic heterocycles. The largest absolute Gasteiger partial charge is 0.352 e. The fourth-order valence-corrected chi connectivity index (χ4v) is 3.63. The highest BCUT2D eigenvalue weighted by molar-refractivity contribution is 5.77. The molecular weight excluding hydrogens is 306 g/mol. The van der Waals surface area contributed by atoms with E-state index in [1.807, 2.05) is 0 Å². The first-order valence-corrected chi connectivity index (χ1v) is 8.76. The average molecular weight is 331 g/mol. The van der Waals surface area contributed by atoms with Crippen LogP contribution < -0.4 is 10.9 Å². The van der Waals surface area contributed by atoms with E-state index in [0.29, 0.717) is 17.0 Å². The van der Waals surface area contributed by atoms with Crippen molar-refractivity contribution in [1.29, 1.82) is 0 Å². The normalized spacial score (nSPS) is 20.6. The number of carbonyl (C=O) groups excluding carboxylic acids is 1. The lowest BCUT2D eigenvalue weighted by Crippen LogP contribution is -2.40. The summed E-state index contributed by atoms with van der Waals surface area (Å²) < 4.78 is 2.91. The second-order valence-corrected chi connectivity index (χ2v) is 6.69. The minimum atomic E-state index is -0.225. The maximum atomic E-state index is 12.4. The number of nitrogens with zero attached hydrogens (tertiary/aromatic N) is 4. The second kappa shape index (κ2) is 7.15. The molecule has 24 heavy (non-hydrogen) atoms. The van der Waals surface area contributed by atoms with Gasteiger partial charge in [-0.2, -0.15) is 5.10 Å². The quantitative estimate of drug-likeness (QED) is 0.872. The van der Waals surface area contributed by atoms with Crippen LogP contribution in [0.2, 0.25) is 0 Å². The Balaban J connectivity index is 1.67. The van der Waals surface area contributed by atoms with E-state index in [1.165, 1.54) is 49.2 Å². The molecule has 0 unspecified atom stereocenters. The highest BCUT2D eigenvalue weighted by Crippen LogP contribution is 2.29. The Morgan fingerprint density at radius 3 is 3.04 bits per heavy atom. The Morgan fingerprint density at radius 1 is 1.42 bits per heavy atom. The zero-order valence-corrected chi connectivity index (χ0v) is 14.4. The topological polar surface area (TPSA) is 81.8 Å². The number of hydrogen-bond donors (Lipinski definition) is 1. The zero-order valence-electron chi connectivity index (χ0n) is 14.4. The number of aryl methyl sites for hydroxylation is 1. The monoisotopic (exact) mass is 331 g/mol. The van der Waals surface area contributed by atoms with Crippen LogP contribution in [0.1, 0.15) is 45.4 Å². The van der Waals surface area contributed by atoms with Crippen molar-refractivity contribution >= 4 is 16.9 Å². The van der Waals surface area contributed by atoms with E-state index in [2.05, 4.69) is 22.3 Å². The van der Waals surface area contributed by atoms with E-state index in [4.69, 9.17) is 0 Å². The molecule has 0 aliphatic heterocycles. The number of unbranched alkanes of at least 4 members (excludes halogenated alkanes) is 1. The molecule has 1 saturated carbocycles. The SMILES string of the molecule is CCCC[C@@H]1CCC[C@@H]1NC(=O)Cn1cnc2c(cnn2C)c1=O. The van der Waals surface area contributed by atoms with Crippen LogP contribution in [0, 0.1) is 5.92 Å². The molecule has 3 rings (SSSR count). The van der Waals surface area contributed by atoms with Crippen LogP contribution in [0.15, 0.2) is 17.3 Å². The summed E-state index contributed by atoms with van der Waals surface area (Å²) >= 11 is 0. The van der Waals surface area contributed by atoms with E-state index < -0.39 is 0 Å². The van der Waals surface area contributed by atoms with Gasteiger partial charge in [0.2, 0.25) is 5.91 Å². The van der Waals surface area contributed by atoms with Gasteiger partial charge in [-0.3, -0.25) is 18.8 Å².